The highest BCUT2D eigenvalue weighted by molar-refractivity contribution is 9.10. The first-order chi connectivity index (χ1) is 8.99. The monoisotopic (exact) mass is 358 g/mol. The fourth-order valence-electron chi connectivity index (χ4n) is 1.53. The number of benzene rings is 2. The molecule has 0 bridgehead atoms. The largest absolute Gasteiger partial charge is 0.397 e. The summed E-state index contributed by atoms with van der Waals surface area (Å²) in [6, 6.07) is 9.94. The van der Waals surface area contributed by atoms with Crippen LogP contribution in [0, 0.1) is 0 Å². The van der Waals surface area contributed by atoms with E-state index in [9.17, 15) is 4.79 Å². The zero-order valence-corrected chi connectivity index (χ0v) is 12.7. The Bertz CT molecular complexity index is 626. The van der Waals surface area contributed by atoms with Crippen molar-refractivity contribution in [1.29, 1.82) is 0 Å². The number of nitrogens with two attached hydrogens (primary N) is 1. The summed E-state index contributed by atoms with van der Waals surface area (Å²) in [7, 11) is 0. The quantitative estimate of drug-likeness (QED) is 0.770. The van der Waals surface area contributed by atoms with Gasteiger partial charge in [0.2, 0.25) is 0 Å². The minimum atomic E-state index is -0.316. The molecule has 0 saturated heterocycles. The van der Waals surface area contributed by atoms with E-state index in [4.69, 9.17) is 28.9 Å². The first-order valence-electron chi connectivity index (χ1n) is 5.29. The number of hydrogen-bond acceptors (Lipinski definition) is 2. The van der Waals surface area contributed by atoms with Crippen molar-refractivity contribution >= 4 is 56.4 Å². The van der Waals surface area contributed by atoms with Crippen molar-refractivity contribution in [3.63, 3.8) is 0 Å². The summed E-state index contributed by atoms with van der Waals surface area (Å²) >= 11 is 15.1. The minimum Gasteiger partial charge on any atom is -0.397 e. The molecule has 0 aromatic heterocycles. The van der Waals surface area contributed by atoms with Crippen LogP contribution in [-0.4, -0.2) is 5.91 Å². The Balaban J connectivity index is 2.31. The molecule has 0 heterocycles. The van der Waals surface area contributed by atoms with E-state index in [1.54, 1.807) is 36.4 Å². The molecule has 0 radical (unpaired) electrons. The van der Waals surface area contributed by atoms with Crippen molar-refractivity contribution < 1.29 is 4.79 Å². The van der Waals surface area contributed by atoms with Crippen LogP contribution in [0.3, 0.4) is 0 Å². The van der Waals surface area contributed by atoms with Gasteiger partial charge in [-0.2, -0.15) is 0 Å². The average molecular weight is 360 g/mol. The van der Waals surface area contributed by atoms with Gasteiger partial charge in [0, 0.05) is 9.50 Å². The minimum absolute atomic E-state index is 0.316. The lowest BCUT2D eigenvalue weighted by Gasteiger charge is -2.11. The molecule has 3 N–H and O–H groups in total. The highest BCUT2D eigenvalue weighted by Crippen LogP contribution is 2.29. The lowest BCUT2D eigenvalue weighted by molar-refractivity contribution is 0.102. The lowest BCUT2D eigenvalue weighted by Crippen LogP contribution is -2.14. The second-order valence-corrected chi connectivity index (χ2v) is 5.48. The van der Waals surface area contributed by atoms with Crippen LogP contribution in [0.4, 0.5) is 11.4 Å². The van der Waals surface area contributed by atoms with E-state index in [1.807, 2.05) is 0 Å². The molecule has 0 aliphatic carbocycles. The molecule has 0 spiro atoms. The number of rotatable bonds is 2. The van der Waals surface area contributed by atoms with E-state index >= 15 is 0 Å². The van der Waals surface area contributed by atoms with Gasteiger partial charge < -0.3 is 11.1 Å². The first-order valence-corrected chi connectivity index (χ1v) is 6.84. The Labute approximate surface area is 128 Å². The number of para-hydroxylation sites is 1. The van der Waals surface area contributed by atoms with Crippen LogP contribution < -0.4 is 11.1 Å². The maximum atomic E-state index is 12.2. The highest BCUT2D eigenvalue weighted by Gasteiger charge is 2.13. The molecule has 0 atom stereocenters. The zero-order chi connectivity index (χ0) is 14.0. The molecular weight excluding hydrogens is 351 g/mol. The molecule has 0 aliphatic heterocycles. The number of carbonyl (C=O) groups excluding carboxylic acids is 1. The Morgan fingerprint density at radius 3 is 2.58 bits per heavy atom. The number of nitrogens with one attached hydrogen (secondary N) is 1. The summed E-state index contributed by atoms with van der Waals surface area (Å²) in [5, 5.41) is 3.62. The van der Waals surface area contributed by atoms with Gasteiger partial charge >= 0.3 is 0 Å². The molecule has 2 aromatic rings. The first kappa shape index (κ1) is 14.2. The van der Waals surface area contributed by atoms with Crippen molar-refractivity contribution in [2.24, 2.45) is 0 Å². The number of nitrogen functional groups attached to an aromatic ring is 1. The van der Waals surface area contributed by atoms with Crippen molar-refractivity contribution in [1.82, 2.24) is 0 Å². The molecule has 19 heavy (non-hydrogen) atoms. The number of halogens is 3. The predicted octanol–water partition coefficient (Wildman–Crippen LogP) is 4.59. The fraction of sp³-hybridized carbons (Fsp3) is 0. The van der Waals surface area contributed by atoms with Gasteiger partial charge in [0.25, 0.3) is 5.91 Å². The van der Waals surface area contributed by atoms with E-state index in [1.165, 1.54) is 0 Å². The van der Waals surface area contributed by atoms with Gasteiger partial charge in [-0.15, -0.1) is 0 Å². The van der Waals surface area contributed by atoms with Crippen molar-refractivity contribution in [2.75, 3.05) is 11.1 Å². The number of carbonyl (C=O) groups is 1. The number of hydrogen-bond donors (Lipinski definition) is 2. The van der Waals surface area contributed by atoms with E-state index < -0.39 is 0 Å². The summed E-state index contributed by atoms with van der Waals surface area (Å²) in [5.41, 5.74) is 7.03. The van der Waals surface area contributed by atoms with E-state index in [2.05, 4.69) is 21.2 Å². The fourth-order valence-corrected chi connectivity index (χ4v) is 2.62. The maximum Gasteiger partial charge on any atom is 0.256 e. The Morgan fingerprint density at radius 1 is 1.21 bits per heavy atom. The Hall–Kier alpha value is -1.23. The van der Waals surface area contributed by atoms with E-state index in [0.717, 1.165) is 0 Å². The van der Waals surface area contributed by atoms with Gasteiger partial charge in [-0.1, -0.05) is 29.3 Å². The second-order valence-electron chi connectivity index (χ2n) is 3.78. The summed E-state index contributed by atoms with van der Waals surface area (Å²) < 4.78 is 0.600. The van der Waals surface area contributed by atoms with Gasteiger partial charge in [-0.3, -0.25) is 4.79 Å². The van der Waals surface area contributed by atoms with E-state index in [0.29, 0.717) is 31.5 Å². The van der Waals surface area contributed by atoms with Crippen LogP contribution in [0.2, 0.25) is 10.0 Å². The van der Waals surface area contributed by atoms with Gasteiger partial charge in [0.15, 0.2) is 0 Å². The third-order valence-electron chi connectivity index (χ3n) is 2.46. The Kier molecular flexibility index (Phi) is 4.34. The van der Waals surface area contributed by atoms with Gasteiger partial charge in [0.1, 0.15) is 0 Å². The van der Waals surface area contributed by atoms with Gasteiger partial charge in [-0.05, 0) is 46.3 Å². The molecular formula is C13H9BrCl2N2O. The molecule has 98 valence electrons. The van der Waals surface area contributed by atoms with Crippen LogP contribution in [0.25, 0.3) is 0 Å². The molecule has 6 heteroatoms. The van der Waals surface area contributed by atoms with Crippen molar-refractivity contribution in [3.05, 3.63) is 56.5 Å². The summed E-state index contributed by atoms with van der Waals surface area (Å²) in [4.78, 5) is 12.2. The topological polar surface area (TPSA) is 55.1 Å². The van der Waals surface area contributed by atoms with Gasteiger partial charge in [0.05, 0.1) is 22.0 Å². The van der Waals surface area contributed by atoms with Crippen molar-refractivity contribution in [3.8, 4) is 0 Å². The van der Waals surface area contributed by atoms with Gasteiger partial charge in [-0.25, -0.2) is 0 Å². The molecule has 3 nitrogen and oxygen atoms in total. The molecule has 0 unspecified atom stereocenters. The summed E-state index contributed by atoms with van der Waals surface area (Å²) in [5.74, 6) is -0.316. The van der Waals surface area contributed by atoms with Crippen LogP contribution >= 0.6 is 39.1 Å². The second kappa shape index (κ2) is 5.82. The molecule has 0 saturated carbocycles. The lowest BCUT2D eigenvalue weighted by atomic mass is 10.2. The highest BCUT2D eigenvalue weighted by atomic mass is 79.9. The predicted molar refractivity (Wildman–Crippen MR) is 83.0 cm³/mol. The van der Waals surface area contributed by atoms with Crippen LogP contribution in [0.15, 0.2) is 40.9 Å². The smallest absolute Gasteiger partial charge is 0.256 e. The number of anilines is 2. The molecule has 2 aromatic carbocycles. The SMILES string of the molecule is Nc1cccc(Cl)c1NC(=O)c1ccc(Cl)cc1Br. The third kappa shape index (κ3) is 3.21. The standard InChI is InChI=1S/C13H9BrCl2N2O/c14-9-6-7(15)4-5-8(9)13(19)18-12-10(16)2-1-3-11(12)17/h1-6H,17H2,(H,18,19). The normalized spacial score (nSPS) is 10.3. The molecule has 1 amide bonds. The van der Waals surface area contributed by atoms with Crippen LogP contribution in [-0.2, 0) is 0 Å². The van der Waals surface area contributed by atoms with Crippen LogP contribution in [0.1, 0.15) is 10.4 Å². The summed E-state index contributed by atoms with van der Waals surface area (Å²) in [6.45, 7) is 0. The van der Waals surface area contributed by atoms with Crippen molar-refractivity contribution in [2.45, 2.75) is 0 Å². The summed E-state index contributed by atoms with van der Waals surface area (Å²) in [6.07, 6.45) is 0. The molecule has 0 fully saturated rings. The Morgan fingerprint density at radius 2 is 1.95 bits per heavy atom. The third-order valence-corrected chi connectivity index (χ3v) is 3.67. The zero-order valence-electron chi connectivity index (χ0n) is 9.58. The number of amides is 1. The van der Waals surface area contributed by atoms with E-state index in [-0.39, 0.29) is 5.91 Å². The van der Waals surface area contributed by atoms with Crippen LogP contribution in [0.5, 0.6) is 0 Å². The maximum absolute atomic E-state index is 12.2. The molecule has 0 aliphatic rings. The molecule has 2 rings (SSSR count). The average Bonchev–Trinajstić information content (AvgIpc) is 2.33.